The number of hydrogen-bond acceptors (Lipinski definition) is 16. The molecule has 370 valence electrons. The van der Waals surface area contributed by atoms with Crippen molar-refractivity contribution in [1.82, 2.24) is 42.5 Å². The second-order valence-corrected chi connectivity index (χ2v) is 18.9. The minimum atomic E-state index is -1.64. The van der Waals surface area contributed by atoms with E-state index >= 15 is 0 Å². The van der Waals surface area contributed by atoms with Crippen LogP contribution in [0.3, 0.4) is 0 Å². The van der Waals surface area contributed by atoms with Gasteiger partial charge in [-0.05, 0) is 36.8 Å². The maximum absolute atomic E-state index is 14.0. The molecule has 22 nitrogen and oxygen atoms in total. The van der Waals surface area contributed by atoms with Crippen molar-refractivity contribution in [2.24, 2.45) is 11.8 Å². The second kappa shape index (κ2) is 26.7. The van der Waals surface area contributed by atoms with Gasteiger partial charge in [0.15, 0.2) is 0 Å². The van der Waals surface area contributed by atoms with Crippen molar-refractivity contribution < 1.29 is 66.9 Å². The van der Waals surface area contributed by atoms with Crippen LogP contribution in [0, 0.1) is 11.8 Å². The number of cyclic esters (lactones) is 2. The Kier molecular flexibility index (Phi) is 21.2. The van der Waals surface area contributed by atoms with Crippen LogP contribution in [0.4, 0.5) is 9.59 Å². The van der Waals surface area contributed by atoms with Crippen molar-refractivity contribution in [1.29, 1.82) is 0 Å². The van der Waals surface area contributed by atoms with Crippen LogP contribution in [0.1, 0.15) is 52.7 Å². The van der Waals surface area contributed by atoms with Crippen LogP contribution >= 0.6 is 21.6 Å². The number of hydrogen-bond donors (Lipinski definition) is 8. The van der Waals surface area contributed by atoms with Crippen LogP contribution < -0.4 is 42.5 Å². The molecule has 68 heavy (non-hydrogen) atoms. The standard InChI is InChI=1S/C44H58N8O14S2/c1-23(2)33-41(59)63-19-29(49-43(61)65-17-27-13-9-7-10-14-27)37(55)45-26(6)36(54)48-32-22-68-67-21-31(39(57)51-33)47-35(53)25(5)46-38(56)30(20-64-42(60)34(24(3)4)52-40(32)58)50-44(62)66-18-28-15-11-8-12-16-28/h7-16,23-26,29-34H,17-22H2,1-6H3,(H,45,55)(H,46,56)(H,47,53)(H,48,54)(H,49,61)(H,50,62)(H,51,57)(H,52,58)/t25-,26-,29+,30+,31-,32-,33-,34-/m0/s1. The van der Waals surface area contributed by atoms with E-state index < -0.39 is 133 Å². The molecule has 2 heterocycles. The summed E-state index contributed by atoms with van der Waals surface area (Å²) in [5.41, 5.74) is 1.26. The zero-order chi connectivity index (χ0) is 49.9. The Morgan fingerprint density at radius 2 is 0.897 bits per heavy atom. The Bertz CT molecular complexity index is 1970. The fraction of sp³-hybridized carbons (Fsp3) is 0.500. The fourth-order valence-corrected chi connectivity index (χ4v) is 8.47. The number of fused-ring (bicyclic) bond motifs is 5. The van der Waals surface area contributed by atoms with Gasteiger partial charge in [0.2, 0.25) is 35.4 Å². The van der Waals surface area contributed by atoms with E-state index in [1.54, 1.807) is 88.4 Å². The van der Waals surface area contributed by atoms with E-state index in [9.17, 15) is 47.9 Å². The van der Waals surface area contributed by atoms with Gasteiger partial charge in [-0.2, -0.15) is 0 Å². The van der Waals surface area contributed by atoms with Crippen LogP contribution in [-0.2, 0) is 70.5 Å². The average Bonchev–Trinajstić information content (AvgIpc) is 3.30. The molecule has 2 saturated heterocycles. The third kappa shape index (κ3) is 17.3. The van der Waals surface area contributed by atoms with Gasteiger partial charge in [-0.1, -0.05) is 110 Å². The van der Waals surface area contributed by atoms with Crippen molar-refractivity contribution >= 4 is 81.2 Å². The normalized spacial score (nSPS) is 25.4. The Hall–Kier alpha value is -6.56. The molecule has 0 saturated carbocycles. The number of carbonyl (C=O) groups is 10. The quantitative estimate of drug-likeness (QED) is 0.100. The Morgan fingerprint density at radius 1 is 0.544 bits per heavy atom. The van der Waals surface area contributed by atoms with Crippen molar-refractivity contribution in [3.63, 3.8) is 0 Å². The first kappa shape index (κ1) is 54.0. The predicted octanol–water partition coefficient (Wildman–Crippen LogP) is 0.332. The lowest BCUT2D eigenvalue weighted by Crippen LogP contribution is -2.60. The summed E-state index contributed by atoms with van der Waals surface area (Å²) in [5, 5.41) is 19.8. The summed E-state index contributed by atoms with van der Waals surface area (Å²) in [6, 6.07) is 5.71. The molecule has 8 N–H and O–H groups in total. The summed E-state index contributed by atoms with van der Waals surface area (Å²) in [6.45, 7) is 7.05. The number of esters is 2. The van der Waals surface area contributed by atoms with Gasteiger partial charge in [-0.15, -0.1) is 0 Å². The highest BCUT2D eigenvalue weighted by atomic mass is 33.1. The van der Waals surface area contributed by atoms with Gasteiger partial charge in [0.05, 0.1) is 0 Å². The third-order valence-corrected chi connectivity index (χ3v) is 12.6. The van der Waals surface area contributed by atoms with Crippen molar-refractivity contribution in [3.05, 3.63) is 71.8 Å². The molecule has 2 aliphatic rings. The molecule has 24 heteroatoms. The lowest BCUT2D eigenvalue weighted by Gasteiger charge is -2.28. The van der Waals surface area contributed by atoms with Gasteiger partial charge in [0.1, 0.15) is 74.8 Å². The first-order chi connectivity index (χ1) is 32.3. The molecule has 2 fully saturated rings. The van der Waals surface area contributed by atoms with Crippen LogP contribution in [0.5, 0.6) is 0 Å². The first-order valence-corrected chi connectivity index (χ1v) is 24.2. The topological polar surface area (TPSA) is 304 Å². The predicted molar refractivity (Wildman–Crippen MR) is 247 cm³/mol. The molecule has 4 rings (SSSR count). The third-order valence-electron chi connectivity index (χ3n) is 10.2. The van der Waals surface area contributed by atoms with Gasteiger partial charge < -0.3 is 61.5 Å². The van der Waals surface area contributed by atoms with Gasteiger partial charge >= 0.3 is 24.1 Å². The number of amides is 8. The molecular formula is C44H58N8O14S2. The smallest absolute Gasteiger partial charge is 0.408 e. The van der Waals surface area contributed by atoms with E-state index in [0.29, 0.717) is 11.1 Å². The lowest BCUT2D eigenvalue weighted by atomic mass is 10.0. The molecule has 0 aromatic heterocycles. The molecule has 0 spiro atoms. The number of alkyl carbamates (subject to hydrolysis) is 2. The highest BCUT2D eigenvalue weighted by molar-refractivity contribution is 8.76. The zero-order valence-corrected chi connectivity index (χ0v) is 40.0. The minimum absolute atomic E-state index is 0.178. The highest BCUT2D eigenvalue weighted by Crippen LogP contribution is 2.24. The van der Waals surface area contributed by atoms with Crippen molar-refractivity contribution in [3.8, 4) is 0 Å². The number of carbonyl (C=O) groups excluding carboxylic acids is 10. The van der Waals surface area contributed by atoms with Crippen molar-refractivity contribution in [2.45, 2.75) is 103 Å². The molecule has 8 atom stereocenters. The Labute approximate surface area is 400 Å². The molecule has 2 aromatic carbocycles. The SMILES string of the molecule is CC(C)[C@@H]1NC(=O)[C@@H]2CSSC[C@H](NC(=O)[C@H](C)NC(=O)[C@H](NC(=O)OCc3ccccc3)COC1=O)C(=O)N[C@@H](C(C)C)C(=O)OC[C@@H](NC(=O)OCc1ccccc1)C(=O)N[C@@H](C)C(=O)N2. The van der Waals surface area contributed by atoms with Crippen LogP contribution in [0.2, 0.25) is 0 Å². The fourth-order valence-electron chi connectivity index (χ4n) is 6.14. The van der Waals surface area contributed by atoms with Gasteiger partial charge in [0.25, 0.3) is 0 Å². The molecular weight excluding hydrogens is 929 g/mol. The zero-order valence-electron chi connectivity index (χ0n) is 38.3. The van der Waals surface area contributed by atoms with E-state index in [2.05, 4.69) is 42.5 Å². The molecule has 8 amide bonds. The highest BCUT2D eigenvalue weighted by Gasteiger charge is 2.37. The summed E-state index contributed by atoms with van der Waals surface area (Å²) in [4.78, 5) is 136. The molecule has 2 bridgehead atoms. The van der Waals surface area contributed by atoms with Crippen molar-refractivity contribution in [2.75, 3.05) is 24.7 Å². The number of ether oxygens (including phenoxy) is 4. The number of rotatable bonds is 8. The van der Waals surface area contributed by atoms with Crippen LogP contribution in [0.25, 0.3) is 0 Å². The first-order valence-electron chi connectivity index (χ1n) is 21.7. The average molecular weight is 987 g/mol. The second-order valence-electron chi connectivity index (χ2n) is 16.4. The Morgan fingerprint density at radius 3 is 1.24 bits per heavy atom. The summed E-state index contributed by atoms with van der Waals surface area (Å²) in [6.07, 6.45) is -2.14. The maximum Gasteiger partial charge on any atom is 0.408 e. The lowest BCUT2D eigenvalue weighted by molar-refractivity contribution is -0.152. The summed E-state index contributed by atoms with van der Waals surface area (Å²) in [5.74, 6) is -9.11. The van der Waals surface area contributed by atoms with Crippen LogP contribution in [-0.4, -0.2) is 133 Å². The molecule has 2 aliphatic heterocycles. The number of nitrogens with one attached hydrogen (secondary N) is 8. The van der Waals surface area contributed by atoms with E-state index in [1.165, 1.54) is 13.8 Å². The molecule has 0 aliphatic carbocycles. The summed E-state index contributed by atoms with van der Waals surface area (Å²) >= 11 is 0. The largest absolute Gasteiger partial charge is 0.461 e. The molecule has 0 radical (unpaired) electrons. The van der Waals surface area contributed by atoms with E-state index in [1.807, 2.05) is 0 Å². The van der Waals surface area contributed by atoms with E-state index in [-0.39, 0.29) is 24.7 Å². The van der Waals surface area contributed by atoms with Crippen LogP contribution in [0.15, 0.2) is 60.7 Å². The minimum Gasteiger partial charge on any atom is -0.461 e. The molecule has 2 aromatic rings. The van der Waals surface area contributed by atoms with E-state index in [4.69, 9.17) is 18.9 Å². The van der Waals surface area contributed by atoms with Gasteiger partial charge in [-0.25, -0.2) is 19.2 Å². The summed E-state index contributed by atoms with van der Waals surface area (Å²) in [7, 11) is 2.01. The monoisotopic (exact) mass is 986 g/mol. The van der Waals surface area contributed by atoms with Gasteiger partial charge in [0, 0.05) is 11.5 Å². The summed E-state index contributed by atoms with van der Waals surface area (Å²) < 4.78 is 21.5. The van der Waals surface area contributed by atoms with E-state index in [0.717, 1.165) is 21.6 Å². The molecule has 0 unspecified atom stereocenters. The Balaban J connectivity index is 1.67. The number of benzene rings is 2. The maximum atomic E-state index is 14.0. The van der Waals surface area contributed by atoms with Gasteiger partial charge in [-0.3, -0.25) is 28.8 Å².